The fourth-order valence-corrected chi connectivity index (χ4v) is 2.11. The van der Waals surface area contributed by atoms with Crippen molar-refractivity contribution in [2.75, 3.05) is 13.7 Å². The molecule has 0 fully saturated rings. The Hall–Kier alpha value is -1.38. The van der Waals surface area contributed by atoms with Crippen LogP contribution in [0, 0.1) is 0 Å². The van der Waals surface area contributed by atoms with Gasteiger partial charge in [-0.2, -0.15) is 0 Å². The molecule has 0 aliphatic rings. The molecule has 2 aromatic carbocycles. The molecule has 2 nitrogen and oxygen atoms in total. The van der Waals surface area contributed by atoms with E-state index in [0.29, 0.717) is 6.61 Å². The largest absolute Gasteiger partial charge is 0.391 e. The van der Waals surface area contributed by atoms with Gasteiger partial charge in [0.2, 0.25) is 0 Å². The SMILES string of the molecule is COCC(O)CCc1cccc2ccccc12. The normalized spacial score (nSPS) is 12.8. The van der Waals surface area contributed by atoms with E-state index in [1.54, 1.807) is 7.11 Å². The van der Waals surface area contributed by atoms with Gasteiger partial charge in [0.15, 0.2) is 0 Å². The Morgan fingerprint density at radius 1 is 1.12 bits per heavy atom. The summed E-state index contributed by atoms with van der Waals surface area (Å²) in [5.74, 6) is 0. The number of benzene rings is 2. The van der Waals surface area contributed by atoms with Crippen molar-refractivity contribution >= 4 is 10.8 Å². The third-order valence-electron chi connectivity index (χ3n) is 2.99. The Morgan fingerprint density at radius 3 is 2.71 bits per heavy atom. The van der Waals surface area contributed by atoms with E-state index in [2.05, 4.69) is 36.4 Å². The van der Waals surface area contributed by atoms with E-state index in [-0.39, 0.29) is 6.10 Å². The number of ether oxygens (including phenoxy) is 1. The molecule has 0 aliphatic carbocycles. The molecule has 0 aliphatic heterocycles. The number of aliphatic hydroxyl groups is 1. The molecule has 2 heteroatoms. The van der Waals surface area contributed by atoms with Gasteiger partial charge >= 0.3 is 0 Å². The van der Waals surface area contributed by atoms with E-state index in [9.17, 15) is 5.11 Å². The quantitative estimate of drug-likeness (QED) is 0.855. The Balaban J connectivity index is 2.13. The molecular formula is C15H18O2. The van der Waals surface area contributed by atoms with Crippen molar-refractivity contribution in [3.63, 3.8) is 0 Å². The van der Waals surface area contributed by atoms with Gasteiger partial charge in [0.1, 0.15) is 0 Å². The number of aliphatic hydroxyl groups excluding tert-OH is 1. The van der Waals surface area contributed by atoms with Crippen molar-refractivity contribution in [1.29, 1.82) is 0 Å². The Kier molecular flexibility index (Phi) is 4.13. The zero-order chi connectivity index (χ0) is 12.1. The van der Waals surface area contributed by atoms with Gasteiger partial charge in [0, 0.05) is 7.11 Å². The first-order valence-electron chi connectivity index (χ1n) is 5.95. The van der Waals surface area contributed by atoms with Gasteiger partial charge in [-0.1, -0.05) is 42.5 Å². The second-order valence-electron chi connectivity index (χ2n) is 4.29. The van der Waals surface area contributed by atoms with Gasteiger partial charge in [0.05, 0.1) is 12.7 Å². The van der Waals surface area contributed by atoms with Gasteiger partial charge in [-0.15, -0.1) is 0 Å². The Morgan fingerprint density at radius 2 is 1.88 bits per heavy atom. The van der Waals surface area contributed by atoms with Crippen molar-refractivity contribution in [2.45, 2.75) is 18.9 Å². The monoisotopic (exact) mass is 230 g/mol. The number of rotatable bonds is 5. The van der Waals surface area contributed by atoms with Crippen LogP contribution in [0.3, 0.4) is 0 Å². The summed E-state index contributed by atoms with van der Waals surface area (Å²) in [4.78, 5) is 0. The van der Waals surface area contributed by atoms with Gasteiger partial charge in [-0.3, -0.25) is 0 Å². The molecule has 0 bridgehead atoms. The summed E-state index contributed by atoms with van der Waals surface area (Å²) < 4.78 is 4.93. The molecule has 0 saturated carbocycles. The highest BCUT2D eigenvalue weighted by atomic mass is 16.5. The lowest BCUT2D eigenvalue weighted by Gasteiger charge is -2.10. The van der Waals surface area contributed by atoms with E-state index in [4.69, 9.17) is 4.74 Å². The molecule has 0 saturated heterocycles. The van der Waals surface area contributed by atoms with Crippen LogP contribution in [0.2, 0.25) is 0 Å². The van der Waals surface area contributed by atoms with E-state index in [1.165, 1.54) is 16.3 Å². The van der Waals surface area contributed by atoms with E-state index >= 15 is 0 Å². The van der Waals surface area contributed by atoms with Crippen LogP contribution in [0.4, 0.5) is 0 Å². The second kappa shape index (κ2) is 5.80. The summed E-state index contributed by atoms with van der Waals surface area (Å²) >= 11 is 0. The zero-order valence-corrected chi connectivity index (χ0v) is 10.1. The van der Waals surface area contributed by atoms with Crippen LogP contribution in [0.25, 0.3) is 10.8 Å². The highest BCUT2D eigenvalue weighted by Gasteiger charge is 2.05. The van der Waals surface area contributed by atoms with Crippen LogP contribution in [-0.4, -0.2) is 24.9 Å². The second-order valence-corrected chi connectivity index (χ2v) is 4.29. The van der Waals surface area contributed by atoms with Gasteiger partial charge < -0.3 is 9.84 Å². The zero-order valence-electron chi connectivity index (χ0n) is 10.1. The third kappa shape index (κ3) is 3.05. The first kappa shape index (κ1) is 12.1. The fourth-order valence-electron chi connectivity index (χ4n) is 2.11. The predicted molar refractivity (Wildman–Crippen MR) is 70.2 cm³/mol. The number of methoxy groups -OCH3 is 1. The van der Waals surface area contributed by atoms with Crippen LogP contribution >= 0.6 is 0 Å². The first-order chi connectivity index (χ1) is 8.31. The van der Waals surface area contributed by atoms with Crippen LogP contribution in [0.5, 0.6) is 0 Å². The number of aryl methyl sites for hydroxylation is 1. The number of hydrogen-bond acceptors (Lipinski definition) is 2. The highest BCUT2D eigenvalue weighted by molar-refractivity contribution is 5.85. The predicted octanol–water partition coefficient (Wildman–Crippen LogP) is 2.78. The minimum absolute atomic E-state index is 0.376. The van der Waals surface area contributed by atoms with Gasteiger partial charge in [-0.05, 0) is 29.2 Å². The van der Waals surface area contributed by atoms with Crippen LogP contribution in [0.1, 0.15) is 12.0 Å². The van der Waals surface area contributed by atoms with Crippen molar-refractivity contribution in [2.24, 2.45) is 0 Å². The minimum atomic E-state index is -0.376. The summed E-state index contributed by atoms with van der Waals surface area (Å²) in [6.07, 6.45) is 1.24. The topological polar surface area (TPSA) is 29.5 Å². The molecule has 90 valence electrons. The number of fused-ring (bicyclic) bond motifs is 1. The molecule has 0 heterocycles. The standard InChI is InChI=1S/C15H18O2/c1-17-11-14(16)10-9-13-7-4-6-12-5-2-3-8-15(12)13/h2-8,14,16H,9-11H2,1H3. The molecule has 1 N–H and O–H groups in total. The van der Waals surface area contributed by atoms with Gasteiger partial charge in [0.25, 0.3) is 0 Å². The van der Waals surface area contributed by atoms with Gasteiger partial charge in [-0.25, -0.2) is 0 Å². The average Bonchev–Trinajstić information content (AvgIpc) is 2.36. The molecular weight excluding hydrogens is 212 g/mol. The lowest BCUT2D eigenvalue weighted by molar-refractivity contribution is 0.0596. The summed E-state index contributed by atoms with van der Waals surface area (Å²) in [7, 11) is 1.61. The molecule has 1 unspecified atom stereocenters. The molecule has 17 heavy (non-hydrogen) atoms. The summed E-state index contributed by atoms with van der Waals surface area (Å²) in [6.45, 7) is 0.408. The van der Waals surface area contributed by atoms with E-state index < -0.39 is 0 Å². The summed E-state index contributed by atoms with van der Waals surface area (Å²) in [5.41, 5.74) is 1.29. The summed E-state index contributed by atoms with van der Waals surface area (Å²) in [5, 5.41) is 12.2. The minimum Gasteiger partial charge on any atom is -0.391 e. The number of hydrogen-bond donors (Lipinski definition) is 1. The maximum absolute atomic E-state index is 9.66. The van der Waals surface area contributed by atoms with Crippen molar-refractivity contribution in [3.8, 4) is 0 Å². The molecule has 2 aromatic rings. The molecule has 2 rings (SSSR count). The average molecular weight is 230 g/mol. The third-order valence-corrected chi connectivity index (χ3v) is 2.99. The lowest BCUT2D eigenvalue weighted by atomic mass is 10.00. The van der Waals surface area contributed by atoms with Crippen LogP contribution in [-0.2, 0) is 11.2 Å². The fraction of sp³-hybridized carbons (Fsp3) is 0.333. The smallest absolute Gasteiger partial charge is 0.0776 e. The van der Waals surface area contributed by atoms with E-state index in [1.807, 2.05) is 6.07 Å². The van der Waals surface area contributed by atoms with Crippen LogP contribution in [0.15, 0.2) is 42.5 Å². The Bertz CT molecular complexity index is 474. The Labute approximate surface area is 102 Å². The van der Waals surface area contributed by atoms with E-state index in [0.717, 1.165) is 12.8 Å². The summed E-state index contributed by atoms with van der Waals surface area (Å²) in [6, 6.07) is 14.7. The first-order valence-corrected chi connectivity index (χ1v) is 5.95. The molecule has 0 spiro atoms. The van der Waals surface area contributed by atoms with Crippen molar-refractivity contribution < 1.29 is 9.84 Å². The molecule has 1 atom stereocenters. The molecule has 0 aromatic heterocycles. The van der Waals surface area contributed by atoms with Crippen LogP contribution < -0.4 is 0 Å². The molecule has 0 radical (unpaired) electrons. The molecule has 0 amide bonds. The lowest BCUT2D eigenvalue weighted by Crippen LogP contribution is -2.14. The van der Waals surface area contributed by atoms with Crippen molar-refractivity contribution in [3.05, 3.63) is 48.0 Å². The van der Waals surface area contributed by atoms with Crippen molar-refractivity contribution in [1.82, 2.24) is 0 Å². The maximum atomic E-state index is 9.66. The highest BCUT2D eigenvalue weighted by Crippen LogP contribution is 2.20. The maximum Gasteiger partial charge on any atom is 0.0776 e.